The highest BCUT2D eigenvalue weighted by molar-refractivity contribution is 9.10. The zero-order valence-electron chi connectivity index (χ0n) is 10.7. The number of aliphatic carboxylic acids is 1. The van der Waals surface area contributed by atoms with Crippen molar-refractivity contribution in [2.24, 2.45) is 5.73 Å². The molecular weight excluding hydrogens is 298 g/mol. The van der Waals surface area contributed by atoms with Crippen molar-refractivity contribution in [3.05, 3.63) is 26.7 Å². The van der Waals surface area contributed by atoms with Gasteiger partial charge in [-0.05, 0) is 65.4 Å². The molecule has 1 unspecified atom stereocenters. The van der Waals surface area contributed by atoms with Crippen molar-refractivity contribution in [1.82, 2.24) is 0 Å². The molecular formula is C13H18BrNO3. The number of phenols is 1. The fourth-order valence-electron chi connectivity index (χ4n) is 2.10. The van der Waals surface area contributed by atoms with Crippen LogP contribution in [0.3, 0.4) is 0 Å². The molecule has 0 aliphatic heterocycles. The first-order valence-electron chi connectivity index (χ1n) is 5.72. The van der Waals surface area contributed by atoms with E-state index < -0.39 is 5.97 Å². The van der Waals surface area contributed by atoms with Gasteiger partial charge in [0.25, 0.3) is 0 Å². The predicted octanol–water partition coefficient (Wildman–Crippen LogP) is 2.94. The molecule has 0 fully saturated rings. The second-order valence-electron chi connectivity index (χ2n) is 4.49. The highest BCUT2D eigenvalue weighted by Gasteiger charge is 2.20. The van der Waals surface area contributed by atoms with Crippen molar-refractivity contribution in [3.8, 4) is 5.75 Å². The van der Waals surface area contributed by atoms with Gasteiger partial charge in [-0.25, -0.2) is 0 Å². The monoisotopic (exact) mass is 315 g/mol. The molecule has 0 spiro atoms. The first kappa shape index (κ1) is 15.0. The lowest BCUT2D eigenvalue weighted by atomic mass is 9.90. The summed E-state index contributed by atoms with van der Waals surface area (Å²) < 4.78 is 0.631. The number of hydrogen-bond acceptors (Lipinski definition) is 3. The minimum atomic E-state index is -0.852. The van der Waals surface area contributed by atoms with Crippen LogP contribution in [0.4, 0.5) is 0 Å². The summed E-state index contributed by atoms with van der Waals surface area (Å²) in [5, 5.41) is 18.6. The average Bonchev–Trinajstić information content (AvgIpc) is 2.31. The molecule has 1 aromatic carbocycles. The number of carboxylic acids is 1. The molecule has 4 nitrogen and oxygen atoms in total. The summed E-state index contributed by atoms with van der Waals surface area (Å²) in [4.78, 5) is 10.6. The first-order chi connectivity index (χ1) is 8.27. The molecule has 18 heavy (non-hydrogen) atoms. The number of carboxylic acid groups (broad SMARTS) is 1. The number of hydrogen-bond donors (Lipinski definition) is 3. The van der Waals surface area contributed by atoms with Gasteiger partial charge in [-0.2, -0.15) is 0 Å². The molecule has 0 amide bonds. The van der Waals surface area contributed by atoms with Crippen molar-refractivity contribution in [2.45, 2.75) is 39.7 Å². The Morgan fingerprint density at radius 3 is 2.33 bits per heavy atom. The molecule has 0 aromatic heterocycles. The SMILES string of the molecule is Cc1c(C)c(C(N)CCC(=O)O)c(C)c(Br)c1O. The normalized spacial score (nSPS) is 12.5. The van der Waals surface area contributed by atoms with Gasteiger partial charge in [0.2, 0.25) is 0 Å². The number of carbonyl (C=O) groups is 1. The van der Waals surface area contributed by atoms with Crippen LogP contribution in [0, 0.1) is 20.8 Å². The molecule has 1 rings (SSSR count). The zero-order valence-corrected chi connectivity index (χ0v) is 12.3. The Kier molecular flexibility index (Phi) is 4.76. The summed E-state index contributed by atoms with van der Waals surface area (Å²) in [6.07, 6.45) is 0.422. The summed E-state index contributed by atoms with van der Waals surface area (Å²) in [5.74, 6) is -0.630. The van der Waals surface area contributed by atoms with E-state index in [4.69, 9.17) is 10.8 Å². The lowest BCUT2D eigenvalue weighted by Gasteiger charge is -2.21. The number of rotatable bonds is 4. The smallest absolute Gasteiger partial charge is 0.303 e. The second kappa shape index (κ2) is 5.71. The molecule has 0 aliphatic rings. The van der Waals surface area contributed by atoms with E-state index in [0.717, 1.165) is 22.3 Å². The van der Waals surface area contributed by atoms with Gasteiger partial charge in [-0.1, -0.05) is 0 Å². The van der Waals surface area contributed by atoms with Crippen molar-refractivity contribution < 1.29 is 15.0 Å². The third-order valence-electron chi connectivity index (χ3n) is 3.30. The van der Waals surface area contributed by atoms with Crippen molar-refractivity contribution in [3.63, 3.8) is 0 Å². The van der Waals surface area contributed by atoms with Crippen LogP contribution in [-0.4, -0.2) is 16.2 Å². The molecule has 1 atom stereocenters. The second-order valence-corrected chi connectivity index (χ2v) is 5.28. The predicted molar refractivity (Wildman–Crippen MR) is 73.8 cm³/mol. The Bertz CT molecular complexity index is 457. The number of halogens is 1. The van der Waals surface area contributed by atoms with Crippen LogP contribution in [0.15, 0.2) is 4.47 Å². The minimum Gasteiger partial charge on any atom is -0.506 e. The molecule has 0 saturated carbocycles. The molecule has 1 aromatic rings. The third-order valence-corrected chi connectivity index (χ3v) is 4.27. The Labute approximate surface area is 115 Å². The highest BCUT2D eigenvalue weighted by atomic mass is 79.9. The summed E-state index contributed by atoms with van der Waals surface area (Å²) >= 11 is 3.34. The van der Waals surface area contributed by atoms with E-state index in [1.54, 1.807) is 0 Å². The van der Waals surface area contributed by atoms with E-state index in [2.05, 4.69) is 15.9 Å². The number of phenolic OH excluding ortho intramolecular Hbond substituents is 1. The van der Waals surface area contributed by atoms with Crippen molar-refractivity contribution in [2.75, 3.05) is 0 Å². The zero-order chi connectivity index (χ0) is 14.0. The van der Waals surface area contributed by atoms with E-state index in [9.17, 15) is 9.90 Å². The van der Waals surface area contributed by atoms with Crippen LogP contribution in [0.1, 0.15) is 41.1 Å². The van der Waals surface area contributed by atoms with Gasteiger partial charge >= 0.3 is 5.97 Å². The molecule has 0 saturated heterocycles. The topological polar surface area (TPSA) is 83.6 Å². The van der Waals surface area contributed by atoms with E-state index in [1.165, 1.54) is 0 Å². The maximum Gasteiger partial charge on any atom is 0.303 e. The summed E-state index contributed by atoms with van der Waals surface area (Å²) in [6.45, 7) is 5.58. The molecule has 0 heterocycles. The average molecular weight is 316 g/mol. The van der Waals surface area contributed by atoms with Crippen LogP contribution in [0.25, 0.3) is 0 Å². The van der Waals surface area contributed by atoms with Crippen LogP contribution < -0.4 is 5.73 Å². The Hall–Kier alpha value is -1.07. The summed E-state index contributed by atoms with van der Waals surface area (Å²) in [5.41, 5.74) is 9.55. The number of aromatic hydroxyl groups is 1. The lowest BCUT2D eigenvalue weighted by Crippen LogP contribution is -2.16. The molecule has 0 bridgehead atoms. The Morgan fingerprint density at radius 1 is 1.28 bits per heavy atom. The largest absolute Gasteiger partial charge is 0.506 e. The van der Waals surface area contributed by atoms with Crippen molar-refractivity contribution >= 4 is 21.9 Å². The van der Waals surface area contributed by atoms with Crippen LogP contribution in [0.5, 0.6) is 5.75 Å². The molecule has 100 valence electrons. The summed E-state index contributed by atoms with van der Waals surface area (Å²) in [6, 6.07) is -0.336. The first-order valence-corrected chi connectivity index (χ1v) is 6.52. The molecule has 4 N–H and O–H groups in total. The molecule has 0 radical (unpaired) electrons. The van der Waals surface area contributed by atoms with E-state index in [0.29, 0.717) is 10.9 Å². The maximum atomic E-state index is 10.6. The molecule has 0 aliphatic carbocycles. The number of nitrogens with two attached hydrogens (primary N) is 1. The van der Waals surface area contributed by atoms with Gasteiger partial charge in [0.15, 0.2) is 0 Å². The van der Waals surface area contributed by atoms with E-state index in [1.807, 2.05) is 20.8 Å². The van der Waals surface area contributed by atoms with Crippen LogP contribution in [-0.2, 0) is 4.79 Å². The quantitative estimate of drug-likeness (QED) is 0.797. The maximum absolute atomic E-state index is 10.6. The third kappa shape index (κ3) is 2.84. The van der Waals surface area contributed by atoms with Crippen molar-refractivity contribution in [1.29, 1.82) is 0 Å². The van der Waals surface area contributed by atoms with E-state index in [-0.39, 0.29) is 18.2 Å². The van der Waals surface area contributed by atoms with Gasteiger partial charge in [-0.3, -0.25) is 4.79 Å². The van der Waals surface area contributed by atoms with Crippen LogP contribution in [0.2, 0.25) is 0 Å². The molecule has 5 heteroatoms. The Balaban J connectivity index is 3.20. The number of benzene rings is 1. The minimum absolute atomic E-state index is 0.0393. The van der Waals surface area contributed by atoms with Gasteiger partial charge in [0.1, 0.15) is 5.75 Å². The Morgan fingerprint density at radius 2 is 1.83 bits per heavy atom. The van der Waals surface area contributed by atoms with Crippen LogP contribution >= 0.6 is 15.9 Å². The standard InChI is InChI=1S/C13H18BrNO3/c1-6-7(2)13(18)12(14)8(3)11(6)9(15)4-5-10(16)17/h9,18H,4-5,15H2,1-3H3,(H,16,17). The van der Waals surface area contributed by atoms with Gasteiger partial charge in [-0.15, -0.1) is 0 Å². The summed E-state index contributed by atoms with van der Waals surface area (Å²) in [7, 11) is 0. The fraction of sp³-hybridized carbons (Fsp3) is 0.462. The highest BCUT2D eigenvalue weighted by Crippen LogP contribution is 2.38. The van der Waals surface area contributed by atoms with Gasteiger partial charge < -0.3 is 15.9 Å². The lowest BCUT2D eigenvalue weighted by molar-refractivity contribution is -0.137. The van der Waals surface area contributed by atoms with E-state index >= 15 is 0 Å². The van der Waals surface area contributed by atoms with Gasteiger partial charge in [0, 0.05) is 12.5 Å². The fourth-order valence-corrected chi connectivity index (χ4v) is 2.61. The van der Waals surface area contributed by atoms with Gasteiger partial charge in [0.05, 0.1) is 4.47 Å².